The van der Waals surface area contributed by atoms with Crippen LogP contribution in [0, 0.1) is 0 Å². The van der Waals surface area contributed by atoms with Crippen molar-refractivity contribution in [2.24, 2.45) is 0 Å². The van der Waals surface area contributed by atoms with Crippen molar-refractivity contribution in [1.29, 1.82) is 0 Å². The van der Waals surface area contributed by atoms with Crippen LogP contribution in [0.1, 0.15) is 62.8 Å². The summed E-state index contributed by atoms with van der Waals surface area (Å²) in [4.78, 5) is 28.4. The van der Waals surface area contributed by atoms with Gasteiger partial charge in [-0.3, -0.25) is 9.59 Å². The normalized spacial score (nSPS) is 16.4. The minimum atomic E-state index is -0.803. The van der Waals surface area contributed by atoms with E-state index >= 15 is 0 Å². The van der Waals surface area contributed by atoms with Crippen molar-refractivity contribution >= 4 is 17.4 Å². The number of aliphatic hydroxyl groups is 1. The number of Topliss-reactive ketones (excluding diaryl/α,β-unsaturated/α-hetero) is 1. The predicted octanol–water partition coefficient (Wildman–Crippen LogP) is 6.67. The van der Waals surface area contributed by atoms with Crippen LogP contribution in [-0.2, 0) is 16.1 Å². The van der Waals surface area contributed by atoms with Gasteiger partial charge in [0.1, 0.15) is 23.0 Å². The van der Waals surface area contributed by atoms with Crippen molar-refractivity contribution in [1.82, 2.24) is 4.90 Å². The highest BCUT2D eigenvalue weighted by Gasteiger charge is 2.46. The molecule has 1 amide bonds. The van der Waals surface area contributed by atoms with Crippen LogP contribution in [-0.4, -0.2) is 41.5 Å². The lowest BCUT2D eigenvalue weighted by Crippen LogP contribution is -2.29. The molecule has 7 nitrogen and oxygen atoms in total. The molecule has 1 fully saturated rings. The molecule has 0 saturated carbocycles. The first-order valence-electron chi connectivity index (χ1n) is 13.7. The summed E-state index contributed by atoms with van der Waals surface area (Å²) in [5, 5.41) is 11.4. The Bertz CT molecular complexity index is 1340. The van der Waals surface area contributed by atoms with Gasteiger partial charge in [0, 0.05) is 12.1 Å². The fourth-order valence-corrected chi connectivity index (χ4v) is 4.75. The van der Waals surface area contributed by atoms with Crippen LogP contribution in [0.5, 0.6) is 17.2 Å². The van der Waals surface area contributed by atoms with Gasteiger partial charge in [-0.25, -0.2) is 0 Å². The van der Waals surface area contributed by atoms with E-state index in [9.17, 15) is 14.7 Å². The second-order valence-corrected chi connectivity index (χ2v) is 10.1. The SMILES string of the molecule is CCCCCOc1ccc(/C(O)=C2/C(=O)C(=O)N(Cc3ccc(OC)cc3)C2c2cccc(OC(C)C)c2)cc1. The van der Waals surface area contributed by atoms with Gasteiger partial charge in [0.25, 0.3) is 11.7 Å². The molecule has 3 aromatic carbocycles. The highest BCUT2D eigenvalue weighted by Crippen LogP contribution is 2.41. The molecule has 0 aliphatic carbocycles. The molecule has 1 N–H and O–H groups in total. The molecule has 0 spiro atoms. The standard InChI is InChI=1S/C33H37NO6/c1-5-6-7-19-39-27-17-13-24(14-18-27)31(35)29-30(25-9-8-10-28(20-25)40-22(2)3)34(33(37)32(29)36)21-23-11-15-26(38-4)16-12-23/h8-18,20,22,30,35H,5-7,19,21H2,1-4H3/b31-29-. The number of benzene rings is 3. The lowest BCUT2D eigenvalue weighted by Gasteiger charge is -2.26. The monoisotopic (exact) mass is 543 g/mol. The molecule has 4 rings (SSSR count). The molecule has 40 heavy (non-hydrogen) atoms. The van der Waals surface area contributed by atoms with Crippen LogP contribution in [0.2, 0.25) is 0 Å². The lowest BCUT2D eigenvalue weighted by molar-refractivity contribution is -0.140. The molecule has 0 bridgehead atoms. The number of carbonyl (C=O) groups excluding carboxylic acids is 2. The molecule has 0 aromatic heterocycles. The van der Waals surface area contributed by atoms with Crippen LogP contribution in [0.25, 0.3) is 5.76 Å². The van der Waals surface area contributed by atoms with E-state index in [1.807, 2.05) is 62.4 Å². The molecule has 1 aliphatic heterocycles. The zero-order valence-electron chi connectivity index (χ0n) is 23.6. The summed E-state index contributed by atoms with van der Waals surface area (Å²) in [6.45, 7) is 6.79. The number of methoxy groups -OCH3 is 1. The molecule has 0 radical (unpaired) electrons. The first kappa shape index (κ1) is 28.7. The summed E-state index contributed by atoms with van der Waals surface area (Å²) in [6.07, 6.45) is 3.12. The van der Waals surface area contributed by atoms with Crippen LogP contribution in [0.15, 0.2) is 78.4 Å². The first-order valence-corrected chi connectivity index (χ1v) is 13.7. The Balaban J connectivity index is 1.72. The van der Waals surface area contributed by atoms with Crippen LogP contribution < -0.4 is 14.2 Å². The van der Waals surface area contributed by atoms with E-state index in [-0.39, 0.29) is 24.0 Å². The Kier molecular flexibility index (Phi) is 9.48. The maximum Gasteiger partial charge on any atom is 0.295 e. The number of unbranched alkanes of at least 4 members (excludes halogenated alkanes) is 2. The minimum absolute atomic E-state index is 0.0387. The summed E-state index contributed by atoms with van der Waals surface area (Å²) in [5.74, 6) is 0.362. The number of aliphatic hydroxyl groups excluding tert-OH is 1. The number of rotatable bonds is 12. The van der Waals surface area contributed by atoms with Crippen molar-refractivity contribution in [3.8, 4) is 17.2 Å². The highest BCUT2D eigenvalue weighted by molar-refractivity contribution is 6.46. The van der Waals surface area contributed by atoms with Gasteiger partial charge in [-0.05, 0) is 79.9 Å². The third-order valence-corrected chi connectivity index (χ3v) is 6.74. The zero-order valence-corrected chi connectivity index (χ0v) is 23.6. The van der Waals surface area contributed by atoms with Crippen molar-refractivity contribution in [3.05, 3.63) is 95.1 Å². The number of likely N-dealkylation sites (tertiary alicyclic amines) is 1. The van der Waals surface area contributed by atoms with E-state index in [1.54, 1.807) is 31.4 Å². The molecule has 1 heterocycles. The number of carbonyl (C=O) groups is 2. The smallest absolute Gasteiger partial charge is 0.295 e. The summed E-state index contributed by atoms with van der Waals surface area (Å²) < 4.78 is 16.9. The van der Waals surface area contributed by atoms with Gasteiger partial charge in [-0.15, -0.1) is 0 Å². The lowest BCUT2D eigenvalue weighted by atomic mass is 9.95. The summed E-state index contributed by atoms with van der Waals surface area (Å²) in [6, 6.07) is 20.8. The van der Waals surface area contributed by atoms with Crippen molar-refractivity contribution < 1.29 is 28.9 Å². The third-order valence-electron chi connectivity index (χ3n) is 6.74. The van der Waals surface area contributed by atoms with Crippen LogP contribution >= 0.6 is 0 Å². The van der Waals surface area contributed by atoms with E-state index in [0.717, 1.165) is 24.8 Å². The molecule has 210 valence electrons. The van der Waals surface area contributed by atoms with E-state index < -0.39 is 17.7 Å². The van der Waals surface area contributed by atoms with Crippen LogP contribution in [0.3, 0.4) is 0 Å². The molecule has 1 unspecified atom stereocenters. The summed E-state index contributed by atoms with van der Waals surface area (Å²) >= 11 is 0. The van der Waals surface area contributed by atoms with E-state index in [1.165, 1.54) is 4.90 Å². The first-order chi connectivity index (χ1) is 19.3. The summed E-state index contributed by atoms with van der Waals surface area (Å²) in [5.41, 5.74) is 1.97. The summed E-state index contributed by atoms with van der Waals surface area (Å²) in [7, 11) is 1.59. The maximum atomic E-state index is 13.5. The third kappa shape index (κ3) is 6.65. The van der Waals surface area contributed by atoms with Gasteiger partial charge in [0.2, 0.25) is 0 Å². The molecular weight excluding hydrogens is 506 g/mol. The Morgan fingerprint density at radius 2 is 1.62 bits per heavy atom. The van der Waals surface area contributed by atoms with E-state index in [4.69, 9.17) is 14.2 Å². The number of amides is 1. The van der Waals surface area contributed by atoms with Crippen molar-refractivity contribution in [2.45, 2.75) is 58.7 Å². The fraction of sp³-hybridized carbons (Fsp3) is 0.333. The van der Waals surface area contributed by atoms with Gasteiger partial charge in [0.05, 0.1) is 31.4 Å². The zero-order chi connectivity index (χ0) is 28.6. The van der Waals surface area contributed by atoms with Gasteiger partial charge in [0.15, 0.2) is 0 Å². The quantitative estimate of drug-likeness (QED) is 0.119. The average Bonchev–Trinajstić information content (AvgIpc) is 3.20. The minimum Gasteiger partial charge on any atom is -0.507 e. The molecule has 3 aromatic rings. The predicted molar refractivity (Wildman–Crippen MR) is 155 cm³/mol. The van der Waals surface area contributed by atoms with E-state index in [2.05, 4.69) is 6.92 Å². The maximum absolute atomic E-state index is 13.5. The van der Waals surface area contributed by atoms with Crippen LogP contribution in [0.4, 0.5) is 0 Å². The molecule has 1 atom stereocenters. The second kappa shape index (κ2) is 13.2. The van der Waals surface area contributed by atoms with Gasteiger partial charge < -0.3 is 24.2 Å². The Morgan fingerprint density at radius 1 is 0.925 bits per heavy atom. The Morgan fingerprint density at radius 3 is 2.27 bits per heavy atom. The van der Waals surface area contributed by atoms with Crippen molar-refractivity contribution in [3.63, 3.8) is 0 Å². The number of hydrogen-bond donors (Lipinski definition) is 1. The van der Waals surface area contributed by atoms with E-state index in [0.29, 0.717) is 35.0 Å². The molecule has 7 heteroatoms. The fourth-order valence-electron chi connectivity index (χ4n) is 4.75. The van der Waals surface area contributed by atoms with Gasteiger partial charge in [-0.2, -0.15) is 0 Å². The number of nitrogens with zero attached hydrogens (tertiary/aromatic N) is 1. The average molecular weight is 544 g/mol. The van der Waals surface area contributed by atoms with Gasteiger partial charge in [-0.1, -0.05) is 44.0 Å². The number of hydrogen-bond acceptors (Lipinski definition) is 6. The molecule has 1 aliphatic rings. The molecule has 1 saturated heterocycles. The van der Waals surface area contributed by atoms with Gasteiger partial charge >= 0.3 is 0 Å². The van der Waals surface area contributed by atoms with Crippen molar-refractivity contribution in [2.75, 3.05) is 13.7 Å². The number of ether oxygens (including phenoxy) is 3. The Hall–Kier alpha value is -4.26. The second-order valence-electron chi connectivity index (χ2n) is 10.1. The largest absolute Gasteiger partial charge is 0.507 e. The topological polar surface area (TPSA) is 85.3 Å². The molecular formula is C33H37NO6. The Labute approximate surface area is 236 Å². The number of ketones is 1. The highest BCUT2D eigenvalue weighted by atomic mass is 16.5.